The number of aromatic nitrogens is 2. The van der Waals surface area contributed by atoms with Gasteiger partial charge in [0.15, 0.2) is 0 Å². The molecule has 0 radical (unpaired) electrons. The van der Waals surface area contributed by atoms with E-state index in [1.165, 1.54) is 0 Å². The molecule has 3 N–H and O–H groups in total. The summed E-state index contributed by atoms with van der Waals surface area (Å²) in [5.74, 6) is 0.826. The van der Waals surface area contributed by atoms with E-state index in [-0.39, 0.29) is 12.6 Å². The molecular weight excluding hydrogens is 186 g/mol. The predicted molar refractivity (Wildman–Crippen MR) is 53.6 cm³/mol. The summed E-state index contributed by atoms with van der Waals surface area (Å²) in [5.41, 5.74) is 5.73. The monoisotopic (exact) mass is 201 g/mol. The van der Waals surface area contributed by atoms with E-state index in [1.807, 2.05) is 19.4 Å². The third-order valence-corrected chi connectivity index (χ3v) is 2.78. The average molecular weight is 201 g/mol. The van der Waals surface area contributed by atoms with Gasteiger partial charge in [0.25, 0.3) is 0 Å². The molecule has 0 aliphatic heterocycles. The summed E-state index contributed by atoms with van der Waals surface area (Å²) in [4.78, 5) is 1.12. The van der Waals surface area contributed by atoms with Crippen molar-refractivity contribution in [3.8, 4) is 0 Å². The lowest BCUT2D eigenvalue weighted by atomic mass is 10.3. The number of aliphatic hydroxyl groups excluding tert-OH is 1. The van der Waals surface area contributed by atoms with Crippen molar-refractivity contribution < 1.29 is 5.11 Å². The van der Waals surface area contributed by atoms with Gasteiger partial charge in [-0.3, -0.25) is 4.68 Å². The number of nitrogens with two attached hydrogens (primary N) is 1. The minimum atomic E-state index is 0.0650. The van der Waals surface area contributed by atoms with Crippen LogP contribution in [0.5, 0.6) is 0 Å². The highest BCUT2D eigenvalue weighted by Gasteiger charge is 2.03. The van der Waals surface area contributed by atoms with Gasteiger partial charge in [-0.1, -0.05) is 0 Å². The van der Waals surface area contributed by atoms with E-state index in [9.17, 15) is 0 Å². The molecule has 1 unspecified atom stereocenters. The summed E-state index contributed by atoms with van der Waals surface area (Å²) in [6.45, 7) is 0.161. The molecule has 0 saturated carbocycles. The quantitative estimate of drug-likeness (QED) is 0.669. The molecule has 1 rings (SSSR count). The van der Waals surface area contributed by atoms with Crippen molar-refractivity contribution in [3.05, 3.63) is 12.4 Å². The van der Waals surface area contributed by atoms with Gasteiger partial charge < -0.3 is 10.8 Å². The Morgan fingerprint density at radius 1 is 1.77 bits per heavy atom. The number of hydrogen-bond acceptors (Lipinski definition) is 4. The molecule has 0 amide bonds. The Hall–Kier alpha value is -0.520. The molecule has 1 heterocycles. The molecule has 0 aliphatic carbocycles. The van der Waals surface area contributed by atoms with Crippen molar-refractivity contribution in [1.82, 2.24) is 9.78 Å². The summed E-state index contributed by atoms with van der Waals surface area (Å²) in [7, 11) is 1.89. The molecule has 1 atom stereocenters. The molecular formula is C8H15N3OS. The van der Waals surface area contributed by atoms with Gasteiger partial charge in [0.05, 0.1) is 6.20 Å². The zero-order valence-electron chi connectivity index (χ0n) is 7.68. The lowest BCUT2D eigenvalue weighted by Crippen LogP contribution is -2.23. The second kappa shape index (κ2) is 5.26. The number of nitrogens with zero attached hydrogens (tertiary/aromatic N) is 2. The average Bonchev–Trinajstić information content (AvgIpc) is 2.49. The first-order chi connectivity index (χ1) is 6.22. The SMILES string of the molecule is Cn1cc(SCC(N)CCO)cn1. The molecule has 4 nitrogen and oxygen atoms in total. The van der Waals surface area contributed by atoms with Crippen molar-refractivity contribution in [2.75, 3.05) is 12.4 Å². The highest BCUT2D eigenvalue weighted by atomic mass is 32.2. The van der Waals surface area contributed by atoms with E-state index < -0.39 is 0 Å². The second-order valence-corrected chi connectivity index (χ2v) is 4.03. The van der Waals surface area contributed by atoms with Gasteiger partial charge >= 0.3 is 0 Å². The second-order valence-electron chi connectivity index (χ2n) is 2.93. The van der Waals surface area contributed by atoms with Crippen LogP contribution < -0.4 is 5.73 Å². The topological polar surface area (TPSA) is 64.1 Å². The fraction of sp³-hybridized carbons (Fsp3) is 0.625. The molecule has 0 aliphatic rings. The maximum Gasteiger partial charge on any atom is 0.0625 e. The molecule has 0 aromatic carbocycles. The number of aliphatic hydroxyl groups is 1. The van der Waals surface area contributed by atoms with Crippen LogP contribution in [-0.2, 0) is 7.05 Å². The van der Waals surface area contributed by atoms with Crippen LogP contribution in [0.3, 0.4) is 0 Å². The maximum absolute atomic E-state index is 8.63. The van der Waals surface area contributed by atoms with Crippen LogP contribution in [0, 0.1) is 0 Å². The fourth-order valence-electron chi connectivity index (χ4n) is 0.926. The van der Waals surface area contributed by atoms with Gasteiger partial charge in [-0.15, -0.1) is 11.8 Å². The van der Waals surface area contributed by atoms with Crippen LogP contribution in [0.15, 0.2) is 17.3 Å². The van der Waals surface area contributed by atoms with Gasteiger partial charge in [0.2, 0.25) is 0 Å². The Bertz CT molecular complexity index is 251. The normalized spacial score (nSPS) is 13.2. The summed E-state index contributed by atoms with van der Waals surface area (Å²) < 4.78 is 1.76. The van der Waals surface area contributed by atoms with E-state index >= 15 is 0 Å². The lowest BCUT2D eigenvalue weighted by molar-refractivity contribution is 0.279. The molecule has 13 heavy (non-hydrogen) atoms. The van der Waals surface area contributed by atoms with Crippen LogP contribution in [-0.4, -0.2) is 33.3 Å². The highest BCUT2D eigenvalue weighted by molar-refractivity contribution is 7.99. The molecule has 0 spiro atoms. The zero-order valence-corrected chi connectivity index (χ0v) is 8.50. The van der Waals surface area contributed by atoms with Gasteiger partial charge in [-0.25, -0.2) is 0 Å². The Morgan fingerprint density at radius 2 is 2.54 bits per heavy atom. The molecule has 74 valence electrons. The summed E-state index contributed by atoms with van der Waals surface area (Å²) in [6.07, 6.45) is 4.43. The molecule has 0 saturated heterocycles. The Labute approximate surface area is 82.1 Å². The number of hydrogen-bond donors (Lipinski definition) is 2. The lowest BCUT2D eigenvalue weighted by Gasteiger charge is -2.07. The molecule has 0 fully saturated rings. The van der Waals surface area contributed by atoms with Crippen LogP contribution in [0.2, 0.25) is 0 Å². The van der Waals surface area contributed by atoms with Crippen LogP contribution >= 0.6 is 11.8 Å². The van der Waals surface area contributed by atoms with Gasteiger partial charge in [-0.05, 0) is 6.42 Å². The maximum atomic E-state index is 8.63. The molecule has 0 bridgehead atoms. The van der Waals surface area contributed by atoms with Crippen LogP contribution in [0.1, 0.15) is 6.42 Å². The smallest absolute Gasteiger partial charge is 0.0625 e. The number of rotatable bonds is 5. The van der Waals surface area contributed by atoms with Crippen molar-refractivity contribution in [2.24, 2.45) is 12.8 Å². The first-order valence-electron chi connectivity index (χ1n) is 4.20. The van der Waals surface area contributed by atoms with Crippen molar-refractivity contribution in [3.63, 3.8) is 0 Å². The predicted octanol–water partition coefficient (Wildman–Crippen LogP) is 0.222. The van der Waals surface area contributed by atoms with E-state index in [0.29, 0.717) is 6.42 Å². The fourth-order valence-corrected chi connectivity index (χ4v) is 1.85. The van der Waals surface area contributed by atoms with Gasteiger partial charge in [-0.2, -0.15) is 5.10 Å². The van der Waals surface area contributed by atoms with E-state index in [0.717, 1.165) is 10.6 Å². The third kappa shape index (κ3) is 3.80. The number of aryl methyl sites for hydroxylation is 1. The van der Waals surface area contributed by atoms with Crippen molar-refractivity contribution in [1.29, 1.82) is 0 Å². The minimum Gasteiger partial charge on any atom is -0.396 e. The minimum absolute atomic E-state index is 0.0650. The van der Waals surface area contributed by atoms with E-state index in [1.54, 1.807) is 16.4 Å². The third-order valence-electron chi connectivity index (χ3n) is 1.65. The van der Waals surface area contributed by atoms with Crippen molar-refractivity contribution in [2.45, 2.75) is 17.4 Å². The molecule has 1 aromatic heterocycles. The molecule has 5 heteroatoms. The summed E-state index contributed by atoms with van der Waals surface area (Å²) in [5, 5.41) is 12.7. The molecule has 1 aromatic rings. The first kappa shape index (κ1) is 10.6. The largest absolute Gasteiger partial charge is 0.396 e. The zero-order chi connectivity index (χ0) is 9.68. The highest BCUT2D eigenvalue weighted by Crippen LogP contribution is 2.17. The van der Waals surface area contributed by atoms with Crippen molar-refractivity contribution >= 4 is 11.8 Å². The number of thioether (sulfide) groups is 1. The Balaban J connectivity index is 2.26. The Morgan fingerprint density at radius 3 is 3.08 bits per heavy atom. The van der Waals surface area contributed by atoms with Crippen LogP contribution in [0.25, 0.3) is 0 Å². The summed E-state index contributed by atoms with van der Waals surface area (Å²) in [6, 6.07) is 0.0650. The van der Waals surface area contributed by atoms with Gasteiger partial charge in [0.1, 0.15) is 0 Å². The Kier molecular flexibility index (Phi) is 4.27. The van der Waals surface area contributed by atoms with Gasteiger partial charge in [0, 0.05) is 36.5 Å². The van der Waals surface area contributed by atoms with E-state index in [4.69, 9.17) is 10.8 Å². The van der Waals surface area contributed by atoms with Crippen LogP contribution in [0.4, 0.5) is 0 Å². The van der Waals surface area contributed by atoms with E-state index in [2.05, 4.69) is 5.10 Å². The standard InChI is InChI=1S/C8H15N3OS/c1-11-5-8(4-10-11)13-6-7(9)2-3-12/h4-5,7,12H,2-3,6,9H2,1H3. The first-order valence-corrected chi connectivity index (χ1v) is 5.19. The summed E-state index contributed by atoms with van der Waals surface area (Å²) >= 11 is 1.67.